The smallest absolute Gasteiger partial charge is 0.133 e. The Bertz CT molecular complexity index is 902. The molecular formula is C18H13ClN4. The molecule has 1 aliphatic heterocycles. The summed E-state index contributed by atoms with van der Waals surface area (Å²) in [5, 5.41) is 17.8. The highest BCUT2D eigenvalue weighted by molar-refractivity contribution is 6.30. The summed E-state index contributed by atoms with van der Waals surface area (Å²) in [6.45, 7) is 0.907. The molecule has 0 amide bonds. The number of fused-ring (bicyclic) bond motifs is 1. The standard InChI is InChI=1S/C18H13ClN4/c19-14-5-3-13(4-6-14)17-16-9-10-21-18(16)23(22-17)15-7-1-12(11-20)2-8-15/h1-8,21H,9-10H2. The van der Waals surface area contributed by atoms with Gasteiger partial charge in [0.1, 0.15) is 5.82 Å². The molecule has 0 bridgehead atoms. The van der Waals surface area contributed by atoms with E-state index < -0.39 is 0 Å². The van der Waals surface area contributed by atoms with E-state index in [4.69, 9.17) is 22.0 Å². The maximum absolute atomic E-state index is 8.93. The topological polar surface area (TPSA) is 53.6 Å². The van der Waals surface area contributed by atoms with Gasteiger partial charge < -0.3 is 5.32 Å². The minimum absolute atomic E-state index is 0.642. The summed E-state index contributed by atoms with van der Waals surface area (Å²) in [6.07, 6.45) is 0.948. The normalized spacial score (nSPS) is 12.5. The van der Waals surface area contributed by atoms with E-state index >= 15 is 0 Å². The second-order valence-corrected chi connectivity index (χ2v) is 5.87. The van der Waals surface area contributed by atoms with Crippen LogP contribution in [0.4, 0.5) is 5.82 Å². The minimum Gasteiger partial charge on any atom is -0.369 e. The second-order valence-electron chi connectivity index (χ2n) is 5.43. The van der Waals surface area contributed by atoms with Gasteiger partial charge in [-0.15, -0.1) is 0 Å². The summed E-state index contributed by atoms with van der Waals surface area (Å²) in [5.74, 6) is 1.03. The molecule has 1 aromatic heterocycles. The van der Waals surface area contributed by atoms with Crippen LogP contribution in [-0.4, -0.2) is 16.3 Å². The Morgan fingerprint density at radius 3 is 2.52 bits per heavy atom. The van der Waals surface area contributed by atoms with Crippen molar-refractivity contribution in [1.82, 2.24) is 9.78 Å². The van der Waals surface area contributed by atoms with Crippen LogP contribution in [0.15, 0.2) is 48.5 Å². The average Bonchev–Trinajstić information content (AvgIpc) is 3.18. The molecule has 0 spiro atoms. The third kappa shape index (κ3) is 2.36. The Kier molecular flexibility index (Phi) is 3.29. The molecule has 5 heteroatoms. The number of hydrogen-bond acceptors (Lipinski definition) is 3. The van der Waals surface area contributed by atoms with E-state index in [1.54, 1.807) is 12.1 Å². The summed E-state index contributed by atoms with van der Waals surface area (Å²) < 4.78 is 1.91. The number of aromatic nitrogens is 2. The zero-order valence-corrected chi connectivity index (χ0v) is 13.0. The summed E-state index contributed by atoms with van der Waals surface area (Å²) >= 11 is 5.98. The molecule has 0 aliphatic carbocycles. The molecule has 23 heavy (non-hydrogen) atoms. The Morgan fingerprint density at radius 1 is 1.09 bits per heavy atom. The van der Waals surface area contributed by atoms with Crippen LogP contribution in [0.25, 0.3) is 16.9 Å². The van der Waals surface area contributed by atoms with Gasteiger partial charge in [-0.3, -0.25) is 0 Å². The van der Waals surface area contributed by atoms with Gasteiger partial charge in [-0.25, -0.2) is 4.68 Å². The lowest BCUT2D eigenvalue weighted by molar-refractivity contribution is 0.882. The highest BCUT2D eigenvalue weighted by Gasteiger charge is 2.23. The molecule has 3 aromatic rings. The Morgan fingerprint density at radius 2 is 1.83 bits per heavy atom. The molecule has 1 N–H and O–H groups in total. The van der Waals surface area contributed by atoms with Gasteiger partial charge in [-0.05, 0) is 42.8 Å². The maximum Gasteiger partial charge on any atom is 0.133 e. The third-order valence-electron chi connectivity index (χ3n) is 4.01. The first-order valence-electron chi connectivity index (χ1n) is 7.38. The summed E-state index contributed by atoms with van der Waals surface area (Å²) in [7, 11) is 0. The number of nitriles is 1. The number of hydrogen-bond donors (Lipinski definition) is 1. The zero-order valence-electron chi connectivity index (χ0n) is 12.3. The van der Waals surface area contributed by atoms with Crippen LogP contribution in [0.2, 0.25) is 5.02 Å². The average molecular weight is 321 g/mol. The van der Waals surface area contributed by atoms with Gasteiger partial charge in [-0.1, -0.05) is 23.7 Å². The van der Waals surface area contributed by atoms with Gasteiger partial charge in [0.25, 0.3) is 0 Å². The van der Waals surface area contributed by atoms with Gasteiger partial charge in [0, 0.05) is 22.7 Å². The first kappa shape index (κ1) is 13.9. The molecule has 0 atom stereocenters. The monoisotopic (exact) mass is 320 g/mol. The van der Waals surface area contributed by atoms with Crippen molar-refractivity contribution in [1.29, 1.82) is 5.26 Å². The SMILES string of the molecule is N#Cc1ccc(-n2nc(-c3ccc(Cl)cc3)c3c2NCC3)cc1. The van der Waals surface area contributed by atoms with E-state index in [9.17, 15) is 0 Å². The zero-order chi connectivity index (χ0) is 15.8. The Balaban J connectivity index is 1.84. The van der Waals surface area contributed by atoms with Crippen LogP contribution in [0, 0.1) is 11.3 Å². The lowest BCUT2D eigenvalue weighted by Crippen LogP contribution is -2.04. The van der Waals surface area contributed by atoms with E-state index in [1.165, 1.54) is 5.56 Å². The number of halogens is 1. The van der Waals surface area contributed by atoms with Crippen molar-refractivity contribution in [3.05, 3.63) is 64.7 Å². The fourth-order valence-corrected chi connectivity index (χ4v) is 3.00. The molecule has 0 unspecified atom stereocenters. The van der Waals surface area contributed by atoms with Crippen LogP contribution < -0.4 is 5.32 Å². The number of rotatable bonds is 2. The van der Waals surface area contributed by atoms with E-state index in [-0.39, 0.29) is 0 Å². The van der Waals surface area contributed by atoms with Gasteiger partial charge >= 0.3 is 0 Å². The molecule has 112 valence electrons. The van der Waals surface area contributed by atoms with Crippen LogP contribution in [0.1, 0.15) is 11.1 Å². The van der Waals surface area contributed by atoms with Crippen LogP contribution in [-0.2, 0) is 6.42 Å². The second kappa shape index (κ2) is 5.45. The first-order valence-corrected chi connectivity index (χ1v) is 7.76. The van der Waals surface area contributed by atoms with Crippen LogP contribution in [0.3, 0.4) is 0 Å². The summed E-state index contributed by atoms with van der Waals surface area (Å²) in [4.78, 5) is 0. The van der Waals surface area contributed by atoms with E-state index in [2.05, 4.69) is 11.4 Å². The van der Waals surface area contributed by atoms with Crippen molar-refractivity contribution in [2.75, 3.05) is 11.9 Å². The molecule has 1 aliphatic rings. The molecule has 2 aromatic carbocycles. The van der Waals surface area contributed by atoms with Crippen molar-refractivity contribution in [2.24, 2.45) is 0 Å². The Hall–Kier alpha value is -2.77. The van der Waals surface area contributed by atoms with Crippen LogP contribution >= 0.6 is 11.6 Å². The number of benzene rings is 2. The molecule has 4 rings (SSSR count). The van der Waals surface area contributed by atoms with Crippen molar-refractivity contribution in [3.8, 4) is 23.0 Å². The third-order valence-corrected chi connectivity index (χ3v) is 4.26. The van der Waals surface area contributed by atoms with Gasteiger partial charge in [0.15, 0.2) is 0 Å². The van der Waals surface area contributed by atoms with E-state index in [0.717, 1.165) is 40.8 Å². The molecule has 0 fully saturated rings. The molecule has 0 saturated heterocycles. The van der Waals surface area contributed by atoms with Gasteiger partial charge in [-0.2, -0.15) is 10.4 Å². The number of nitrogens with zero attached hydrogens (tertiary/aromatic N) is 3. The minimum atomic E-state index is 0.642. The highest BCUT2D eigenvalue weighted by atomic mass is 35.5. The summed E-state index contributed by atoms with van der Waals surface area (Å²) in [6, 6.07) is 17.3. The Labute approximate surface area is 138 Å². The largest absolute Gasteiger partial charge is 0.369 e. The highest BCUT2D eigenvalue weighted by Crippen LogP contribution is 2.34. The molecule has 2 heterocycles. The molecule has 0 saturated carbocycles. The maximum atomic E-state index is 8.93. The lowest BCUT2D eigenvalue weighted by atomic mass is 10.1. The summed E-state index contributed by atoms with van der Waals surface area (Å²) in [5.41, 5.74) is 4.84. The van der Waals surface area contributed by atoms with E-state index in [0.29, 0.717) is 5.56 Å². The van der Waals surface area contributed by atoms with E-state index in [1.807, 2.05) is 41.1 Å². The van der Waals surface area contributed by atoms with Crippen LogP contribution in [0.5, 0.6) is 0 Å². The van der Waals surface area contributed by atoms with Crippen molar-refractivity contribution in [2.45, 2.75) is 6.42 Å². The number of nitrogens with one attached hydrogen (secondary N) is 1. The van der Waals surface area contributed by atoms with Crippen molar-refractivity contribution >= 4 is 17.4 Å². The number of anilines is 1. The fourth-order valence-electron chi connectivity index (χ4n) is 2.88. The first-order chi connectivity index (χ1) is 11.3. The predicted octanol–water partition coefficient (Wildman–Crippen LogP) is 4.03. The molecule has 4 nitrogen and oxygen atoms in total. The molecule has 0 radical (unpaired) electrons. The van der Waals surface area contributed by atoms with Crippen molar-refractivity contribution in [3.63, 3.8) is 0 Å². The predicted molar refractivity (Wildman–Crippen MR) is 90.9 cm³/mol. The molecular weight excluding hydrogens is 308 g/mol. The van der Waals surface area contributed by atoms with Crippen molar-refractivity contribution < 1.29 is 0 Å². The van der Waals surface area contributed by atoms with Gasteiger partial charge in [0.2, 0.25) is 0 Å². The lowest BCUT2D eigenvalue weighted by Gasteiger charge is -2.06. The van der Waals surface area contributed by atoms with Gasteiger partial charge in [0.05, 0.1) is 23.0 Å². The fraction of sp³-hybridized carbons (Fsp3) is 0.111. The quantitative estimate of drug-likeness (QED) is 0.775.